The van der Waals surface area contributed by atoms with Gasteiger partial charge in [-0.1, -0.05) is 122 Å². The average molecular weight is 951 g/mol. The third-order valence-electron chi connectivity index (χ3n) is 19.4. The topological polar surface area (TPSA) is 32.8 Å². The summed E-state index contributed by atoms with van der Waals surface area (Å²) < 4.78 is 14.4. The van der Waals surface area contributed by atoms with Crippen LogP contribution < -0.4 is 26.4 Å². The lowest BCUT2D eigenvalue weighted by Crippen LogP contribution is -2.61. The van der Waals surface area contributed by atoms with Crippen LogP contribution in [0.1, 0.15) is 187 Å². The van der Waals surface area contributed by atoms with Crippen molar-refractivity contribution in [3.05, 3.63) is 136 Å². The number of nitrogens with zero attached hydrogens (tertiary/aromatic N) is 2. The summed E-state index contributed by atoms with van der Waals surface area (Å²) >= 11 is 0. The molecule has 8 aromatic rings. The van der Waals surface area contributed by atoms with E-state index < -0.39 is 0 Å². The number of hydrogen-bond donors (Lipinski definition) is 0. The Kier molecular flexibility index (Phi) is 9.18. The van der Waals surface area contributed by atoms with E-state index in [0.717, 1.165) is 70.2 Å². The van der Waals surface area contributed by atoms with Gasteiger partial charge in [0.15, 0.2) is 0 Å². The fourth-order valence-corrected chi connectivity index (χ4v) is 14.4. The second-order valence-electron chi connectivity index (χ2n) is 28.3. The van der Waals surface area contributed by atoms with Crippen LogP contribution in [0.4, 0.5) is 34.1 Å². The first-order valence-corrected chi connectivity index (χ1v) is 27.3. The van der Waals surface area contributed by atoms with Gasteiger partial charge in [-0.2, -0.15) is 0 Å². The van der Waals surface area contributed by atoms with Crippen molar-refractivity contribution in [2.75, 3.05) is 9.80 Å². The maximum Gasteiger partial charge on any atom is 0.297 e. The monoisotopic (exact) mass is 951 g/mol. The van der Waals surface area contributed by atoms with Crippen molar-refractivity contribution in [3.8, 4) is 0 Å². The van der Waals surface area contributed by atoms with E-state index in [2.05, 4.69) is 212 Å². The van der Waals surface area contributed by atoms with E-state index in [4.69, 9.17) is 8.83 Å². The summed E-state index contributed by atoms with van der Waals surface area (Å²) in [5.41, 5.74) is 25.4. The highest BCUT2D eigenvalue weighted by Crippen LogP contribution is 2.55. The number of anilines is 6. The molecule has 5 aliphatic rings. The maximum absolute atomic E-state index is 7.73. The Morgan fingerprint density at radius 1 is 0.431 bits per heavy atom. The molecule has 0 amide bonds. The van der Waals surface area contributed by atoms with Gasteiger partial charge in [0.2, 0.25) is 0 Å². The highest BCUT2D eigenvalue weighted by atomic mass is 16.3. The molecular weight excluding hydrogens is 876 g/mol. The molecule has 72 heavy (non-hydrogen) atoms. The van der Waals surface area contributed by atoms with Crippen molar-refractivity contribution in [2.45, 2.75) is 187 Å². The lowest BCUT2D eigenvalue weighted by Gasteiger charge is -2.47. The molecule has 0 saturated carbocycles. The first kappa shape index (κ1) is 46.1. The summed E-state index contributed by atoms with van der Waals surface area (Å²) in [6.45, 7) is 38.6. The van der Waals surface area contributed by atoms with Crippen LogP contribution in [0.25, 0.3) is 32.9 Å². The highest BCUT2D eigenvalue weighted by Gasteiger charge is 2.50. The molecule has 0 saturated heterocycles. The van der Waals surface area contributed by atoms with Crippen molar-refractivity contribution in [1.82, 2.24) is 0 Å². The highest BCUT2D eigenvalue weighted by molar-refractivity contribution is 7.00. The third-order valence-corrected chi connectivity index (χ3v) is 19.4. The molecule has 5 heteroatoms. The number of benzene rings is 6. The quantitative estimate of drug-likeness (QED) is 0.162. The smallest absolute Gasteiger partial charge is 0.297 e. The zero-order valence-electron chi connectivity index (χ0n) is 46.2. The predicted octanol–water partition coefficient (Wildman–Crippen LogP) is 17.1. The van der Waals surface area contributed by atoms with Crippen LogP contribution in [0.15, 0.2) is 99.8 Å². The SMILES string of the molecule is Cc1cc2c3c(c1)N(c1ccc4oc5ccc(C(C)(C)C)cc5c4c1)c1c(oc4cc5c(cc14)C(C)(C)CCC5(C)C)B3c1cc3c(cc1N2c1ccc2c(c1)C(C)(C)CCC2(C)C)C(C)(C)CCC3(C)C. The molecule has 0 unspecified atom stereocenters. The molecule has 2 aliphatic heterocycles. The summed E-state index contributed by atoms with van der Waals surface area (Å²) in [5, 5.41) is 3.48. The second kappa shape index (κ2) is 14.3. The minimum absolute atomic E-state index is 0.000382. The molecule has 13 rings (SSSR count). The van der Waals surface area contributed by atoms with Gasteiger partial charge >= 0.3 is 0 Å². The molecule has 2 aromatic heterocycles. The summed E-state index contributed by atoms with van der Waals surface area (Å²) in [4.78, 5) is 5.26. The van der Waals surface area contributed by atoms with Crippen molar-refractivity contribution < 1.29 is 8.83 Å². The number of hydrogen-bond acceptors (Lipinski definition) is 4. The van der Waals surface area contributed by atoms with Crippen LogP contribution in [0.3, 0.4) is 0 Å². The van der Waals surface area contributed by atoms with Crippen LogP contribution in [0.2, 0.25) is 0 Å². The zero-order chi connectivity index (χ0) is 50.8. The fourth-order valence-electron chi connectivity index (χ4n) is 14.4. The van der Waals surface area contributed by atoms with Crippen molar-refractivity contribution in [2.24, 2.45) is 0 Å². The Labute approximate surface area is 429 Å². The zero-order valence-corrected chi connectivity index (χ0v) is 46.2. The lowest BCUT2D eigenvalue weighted by molar-refractivity contribution is 0.332. The number of fused-ring (bicyclic) bond motifs is 12. The van der Waals surface area contributed by atoms with E-state index in [1.165, 1.54) is 96.4 Å². The van der Waals surface area contributed by atoms with Crippen LogP contribution in [0, 0.1) is 6.92 Å². The van der Waals surface area contributed by atoms with Crippen LogP contribution >= 0.6 is 0 Å². The molecular formula is C67H75BN2O2. The molecule has 0 bridgehead atoms. The third kappa shape index (κ3) is 6.43. The standard InChI is InChI=1S/C67H75BN2O2/c1-38-29-53-58-54(30-38)70(40-19-22-56-43(32-40)42-31-39(61(2,3)4)17-21-55(42)71-56)59-44-34-47-50(67(15,16)28-25-64(47,9)10)37-57(44)72-60(59)68(58)51-35-48-49(66(13,14)27-26-65(48,11)12)36-52(51)69(53)41-18-20-45-46(33-41)63(7,8)24-23-62(45,5)6/h17-22,29-37H,23-28H2,1-16H3. The van der Waals surface area contributed by atoms with Crippen molar-refractivity contribution in [1.29, 1.82) is 0 Å². The number of furan rings is 2. The molecule has 0 fully saturated rings. The molecule has 0 radical (unpaired) electrons. The minimum atomic E-state index is -0.134. The van der Waals surface area contributed by atoms with Gasteiger partial charge in [0.1, 0.15) is 16.7 Å². The number of rotatable bonds is 2. The molecule has 0 spiro atoms. The second-order valence-corrected chi connectivity index (χ2v) is 28.3. The molecule has 6 aromatic carbocycles. The van der Waals surface area contributed by atoms with E-state index in [-0.39, 0.29) is 44.6 Å². The van der Waals surface area contributed by atoms with E-state index in [1.54, 1.807) is 0 Å². The first-order chi connectivity index (χ1) is 33.7. The summed E-state index contributed by atoms with van der Waals surface area (Å²) in [5.74, 6) is 0. The summed E-state index contributed by atoms with van der Waals surface area (Å²) in [7, 11) is 0. The van der Waals surface area contributed by atoms with Crippen LogP contribution in [0.5, 0.6) is 0 Å². The largest absolute Gasteiger partial charge is 0.468 e. The van der Waals surface area contributed by atoms with E-state index in [0.29, 0.717) is 0 Å². The molecule has 0 atom stereocenters. The minimum Gasteiger partial charge on any atom is -0.468 e. The van der Waals surface area contributed by atoms with Gasteiger partial charge in [0.05, 0.1) is 11.3 Å². The van der Waals surface area contributed by atoms with E-state index in [1.807, 2.05) is 0 Å². The van der Waals surface area contributed by atoms with Gasteiger partial charge < -0.3 is 18.6 Å². The van der Waals surface area contributed by atoms with Gasteiger partial charge in [-0.3, -0.25) is 0 Å². The Hall–Kier alpha value is -5.68. The fraction of sp³-hybridized carbons (Fsp3) is 0.433. The Balaban J connectivity index is 1.16. The molecule has 3 aliphatic carbocycles. The Bertz CT molecular complexity index is 3670. The summed E-state index contributed by atoms with van der Waals surface area (Å²) in [6, 6.07) is 36.4. The van der Waals surface area contributed by atoms with E-state index in [9.17, 15) is 0 Å². The van der Waals surface area contributed by atoms with Crippen molar-refractivity contribution in [3.63, 3.8) is 0 Å². The summed E-state index contributed by atoms with van der Waals surface area (Å²) in [6.07, 6.45) is 6.96. The van der Waals surface area contributed by atoms with Gasteiger partial charge in [0, 0.05) is 44.6 Å². The molecule has 368 valence electrons. The van der Waals surface area contributed by atoms with Crippen LogP contribution in [-0.4, -0.2) is 6.71 Å². The van der Waals surface area contributed by atoms with E-state index >= 15 is 0 Å². The average Bonchev–Trinajstić information content (AvgIpc) is 3.87. The molecule has 4 heterocycles. The van der Waals surface area contributed by atoms with Gasteiger partial charge in [-0.25, -0.2) is 0 Å². The lowest BCUT2D eigenvalue weighted by atomic mass is 9.35. The van der Waals surface area contributed by atoms with Crippen LogP contribution in [-0.2, 0) is 37.9 Å². The van der Waals surface area contributed by atoms with Gasteiger partial charge in [-0.15, -0.1) is 0 Å². The number of aryl methyl sites for hydroxylation is 1. The van der Waals surface area contributed by atoms with Gasteiger partial charge in [0.25, 0.3) is 6.71 Å². The molecule has 4 nitrogen and oxygen atoms in total. The normalized spacial score (nSPS) is 20.5. The van der Waals surface area contributed by atoms with Crippen molar-refractivity contribution >= 4 is 90.3 Å². The Morgan fingerprint density at radius 2 is 0.917 bits per heavy atom. The maximum atomic E-state index is 7.73. The Morgan fingerprint density at radius 3 is 1.53 bits per heavy atom. The molecule has 0 N–H and O–H groups in total. The van der Waals surface area contributed by atoms with Gasteiger partial charge in [-0.05, 0) is 212 Å². The predicted molar refractivity (Wildman–Crippen MR) is 307 cm³/mol. The first-order valence-electron chi connectivity index (χ1n) is 27.3.